The molecule has 0 spiro atoms. The molecule has 0 aromatic rings. The minimum Gasteiger partial charge on any atom is -0.392 e. The highest BCUT2D eigenvalue weighted by molar-refractivity contribution is 5.16. The number of rotatable bonds is 2. The first kappa shape index (κ1) is 7.44. The van der Waals surface area contributed by atoms with Crippen molar-refractivity contribution in [3.8, 4) is 0 Å². The molecule has 0 saturated heterocycles. The second-order valence-electron chi connectivity index (χ2n) is 1.52. The summed E-state index contributed by atoms with van der Waals surface area (Å²) in [4.78, 5) is 0. The molecular formula is C7H12O. The zero-order chi connectivity index (χ0) is 6.41. The van der Waals surface area contributed by atoms with Gasteiger partial charge in [-0.3, -0.25) is 0 Å². The number of aliphatic hydroxyl groups is 1. The summed E-state index contributed by atoms with van der Waals surface area (Å²) >= 11 is 0. The SMILES string of the molecule is C/C=C\C(=C/C)CO. The maximum Gasteiger partial charge on any atom is 0.0678 e. The van der Waals surface area contributed by atoms with Gasteiger partial charge in [0.2, 0.25) is 0 Å². The molecule has 0 aliphatic heterocycles. The van der Waals surface area contributed by atoms with E-state index in [4.69, 9.17) is 5.11 Å². The molecule has 0 atom stereocenters. The van der Waals surface area contributed by atoms with Crippen molar-refractivity contribution >= 4 is 0 Å². The molecule has 1 N–H and O–H groups in total. The van der Waals surface area contributed by atoms with Crippen LogP contribution in [0.4, 0.5) is 0 Å². The van der Waals surface area contributed by atoms with Gasteiger partial charge < -0.3 is 5.11 Å². The van der Waals surface area contributed by atoms with Gasteiger partial charge >= 0.3 is 0 Å². The molecule has 0 rings (SSSR count). The third-order valence-corrected chi connectivity index (χ3v) is 0.934. The van der Waals surface area contributed by atoms with Crippen LogP contribution >= 0.6 is 0 Å². The molecule has 0 aromatic carbocycles. The van der Waals surface area contributed by atoms with Crippen molar-refractivity contribution in [2.24, 2.45) is 0 Å². The Morgan fingerprint density at radius 2 is 2.12 bits per heavy atom. The van der Waals surface area contributed by atoms with Crippen LogP contribution in [0.5, 0.6) is 0 Å². The van der Waals surface area contributed by atoms with E-state index < -0.39 is 0 Å². The summed E-state index contributed by atoms with van der Waals surface area (Å²) in [6, 6.07) is 0. The van der Waals surface area contributed by atoms with Crippen molar-refractivity contribution in [3.05, 3.63) is 23.8 Å². The highest BCUT2D eigenvalue weighted by Gasteiger charge is 1.80. The maximum atomic E-state index is 8.54. The molecule has 1 heteroatoms. The Hall–Kier alpha value is -0.560. The van der Waals surface area contributed by atoms with E-state index >= 15 is 0 Å². The first-order valence-electron chi connectivity index (χ1n) is 2.74. The second kappa shape index (κ2) is 4.60. The molecule has 0 fully saturated rings. The molecule has 0 radical (unpaired) electrons. The summed E-state index contributed by atoms with van der Waals surface area (Å²) in [6.45, 7) is 3.98. The van der Waals surface area contributed by atoms with Crippen LogP contribution in [0.15, 0.2) is 23.8 Å². The monoisotopic (exact) mass is 112 g/mol. The maximum absolute atomic E-state index is 8.54. The smallest absolute Gasteiger partial charge is 0.0678 e. The van der Waals surface area contributed by atoms with Gasteiger partial charge in [0.1, 0.15) is 0 Å². The highest BCUT2D eigenvalue weighted by atomic mass is 16.3. The summed E-state index contributed by atoms with van der Waals surface area (Å²) in [5.74, 6) is 0. The number of allylic oxidation sites excluding steroid dienone is 2. The van der Waals surface area contributed by atoms with Gasteiger partial charge in [-0.15, -0.1) is 0 Å². The molecule has 0 heterocycles. The van der Waals surface area contributed by atoms with Gasteiger partial charge in [0.25, 0.3) is 0 Å². The van der Waals surface area contributed by atoms with Crippen LogP contribution in [0, 0.1) is 0 Å². The van der Waals surface area contributed by atoms with E-state index in [0.717, 1.165) is 5.57 Å². The van der Waals surface area contributed by atoms with Crippen LogP contribution in [-0.2, 0) is 0 Å². The highest BCUT2D eigenvalue weighted by Crippen LogP contribution is 1.92. The summed E-state index contributed by atoms with van der Waals surface area (Å²) in [6.07, 6.45) is 5.69. The van der Waals surface area contributed by atoms with Crippen molar-refractivity contribution in [2.75, 3.05) is 6.61 Å². The Morgan fingerprint density at radius 3 is 2.25 bits per heavy atom. The topological polar surface area (TPSA) is 20.2 Å². The number of aliphatic hydroxyl groups excluding tert-OH is 1. The summed E-state index contributed by atoms with van der Waals surface area (Å²) in [5.41, 5.74) is 0.965. The predicted molar refractivity (Wildman–Crippen MR) is 35.7 cm³/mol. The third kappa shape index (κ3) is 2.59. The Bertz CT molecular complexity index is 98.2. The van der Waals surface area contributed by atoms with Crippen molar-refractivity contribution in [2.45, 2.75) is 13.8 Å². The molecule has 8 heavy (non-hydrogen) atoms. The number of hydrogen-bond acceptors (Lipinski definition) is 1. The first-order valence-corrected chi connectivity index (χ1v) is 2.74. The fourth-order valence-electron chi connectivity index (χ4n) is 0.454. The van der Waals surface area contributed by atoms with E-state index in [1.165, 1.54) is 0 Å². The molecule has 0 aromatic heterocycles. The van der Waals surface area contributed by atoms with Crippen molar-refractivity contribution < 1.29 is 5.11 Å². The molecule has 0 amide bonds. The van der Waals surface area contributed by atoms with E-state index in [1.807, 2.05) is 32.1 Å². The van der Waals surface area contributed by atoms with E-state index in [-0.39, 0.29) is 6.61 Å². The molecule has 0 unspecified atom stereocenters. The van der Waals surface area contributed by atoms with Crippen LogP contribution in [0.1, 0.15) is 13.8 Å². The predicted octanol–water partition coefficient (Wildman–Crippen LogP) is 1.50. The second-order valence-corrected chi connectivity index (χ2v) is 1.52. The van der Waals surface area contributed by atoms with E-state index in [0.29, 0.717) is 0 Å². The average molecular weight is 112 g/mol. The molecule has 0 aliphatic rings. The van der Waals surface area contributed by atoms with Gasteiger partial charge in [-0.1, -0.05) is 18.2 Å². The van der Waals surface area contributed by atoms with Gasteiger partial charge in [-0.25, -0.2) is 0 Å². The molecular weight excluding hydrogens is 100 g/mol. The van der Waals surface area contributed by atoms with Crippen LogP contribution in [0.3, 0.4) is 0 Å². The van der Waals surface area contributed by atoms with Gasteiger partial charge in [0, 0.05) is 0 Å². The van der Waals surface area contributed by atoms with Crippen LogP contribution in [0.2, 0.25) is 0 Å². The third-order valence-electron chi connectivity index (χ3n) is 0.934. The van der Waals surface area contributed by atoms with Crippen LogP contribution in [0.25, 0.3) is 0 Å². The van der Waals surface area contributed by atoms with Crippen molar-refractivity contribution in [3.63, 3.8) is 0 Å². The molecule has 0 saturated carbocycles. The zero-order valence-electron chi connectivity index (χ0n) is 5.39. The van der Waals surface area contributed by atoms with E-state index in [1.54, 1.807) is 0 Å². The average Bonchev–Trinajstić information content (AvgIpc) is 1.83. The van der Waals surface area contributed by atoms with Gasteiger partial charge in [-0.05, 0) is 19.4 Å². The lowest BCUT2D eigenvalue weighted by molar-refractivity contribution is 0.335. The van der Waals surface area contributed by atoms with E-state index in [2.05, 4.69) is 0 Å². The minimum atomic E-state index is 0.140. The molecule has 0 aliphatic carbocycles. The standard InChI is InChI=1S/C7H12O/c1-3-5-7(4-2)6-8/h3-5,8H,6H2,1-2H3/b5-3-,7-4+. The van der Waals surface area contributed by atoms with Crippen molar-refractivity contribution in [1.29, 1.82) is 0 Å². The minimum absolute atomic E-state index is 0.140. The summed E-state index contributed by atoms with van der Waals surface area (Å²) in [7, 11) is 0. The van der Waals surface area contributed by atoms with E-state index in [9.17, 15) is 0 Å². The zero-order valence-corrected chi connectivity index (χ0v) is 5.39. The first-order chi connectivity index (χ1) is 3.85. The van der Waals surface area contributed by atoms with Gasteiger partial charge in [0.15, 0.2) is 0 Å². The molecule has 0 bridgehead atoms. The lowest BCUT2D eigenvalue weighted by Crippen LogP contribution is -1.82. The van der Waals surface area contributed by atoms with Crippen LogP contribution in [-0.4, -0.2) is 11.7 Å². The quantitative estimate of drug-likeness (QED) is 0.537. The Kier molecular flexibility index (Phi) is 4.27. The largest absolute Gasteiger partial charge is 0.392 e. The molecule has 46 valence electrons. The fraction of sp³-hybridized carbons (Fsp3) is 0.429. The Labute approximate surface area is 50.3 Å². The van der Waals surface area contributed by atoms with Gasteiger partial charge in [-0.2, -0.15) is 0 Å². The molecule has 1 nitrogen and oxygen atoms in total. The summed E-state index contributed by atoms with van der Waals surface area (Å²) in [5, 5.41) is 8.54. The van der Waals surface area contributed by atoms with Crippen molar-refractivity contribution in [1.82, 2.24) is 0 Å². The van der Waals surface area contributed by atoms with Crippen LogP contribution < -0.4 is 0 Å². The fourth-order valence-corrected chi connectivity index (χ4v) is 0.454. The normalized spacial score (nSPS) is 13.1. The lowest BCUT2D eigenvalue weighted by Gasteiger charge is -1.89. The summed E-state index contributed by atoms with van der Waals surface area (Å²) < 4.78 is 0. The lowest BCUT2D eigenvalue weighted by atomic mass is 10.2. The Balaban J connectivity index is 3.72. The van der Waals surface area contributed by atoms with Gasteiger partial charge in [0.05, 0.1) is 6.61 Å². The Morgan fingerprint density at radius 1 is 1.50 bits per heavy atom. The number of hydrogen-bond donors (Lipinski definition) is 1.